The van der Waals surface area contributed by atoms with Crippen molar-refractivity contribution in [1.82, 2.24) is 19.7 Å². The lowest BCUT2D eigenvalue weighted by Gasteiger charge is -2.33. The van der Waals surface area contributed by atoms with Gasteiger partial charge in [0, 0.05) is 32.0 Å². The number of hydrogen-bond acceptors (Lipinski definition) is 5. The largest absolute Gasteiger partial charge is 0.497 e. The molecule has 1 aliphatic rings. The van der Waals surface area contributed by atoms with Crippen LogP contribution in [0.2, 0.25) is 0 Å². The number of carbonyl (C=O) groups is 1. The van der Waals surface area contributed by atoms with Crippen LogP contribution in [-0.4, -0.2) is 40.5 Å². The Labute approximate surface area is 180 Å². The van der Waals surface area contributed by atoms with Crippen LogP contribution < -0.4 is 15.0 Å². The number of ether oxygens (including phenoxy) is 1. The Kier molecular flexibility index (Phi) is 5.16. The molecule has 1 saturated heterocycles. The number of aromatic nitrogens is 3. The third-order valence-electron chi connectivity index (χ3n) is 5.91. The fourth-order valence-corrected chi connectivity index (χ4v) is 4.33. The molecule has 1 fully saturated rings. The molecule has 0 aliphatic carbocycles. The van der Waals surface area contributed by atoms with Crippen molar-refractivity contribution >= 4 is 28.4 Å². The first-order valence-corrected chi connectivity index (χ1v) is 10.6. The van der Waals surface area contributed by atoms with Crippen LogP contribution in [0.15, 0.2) is 60.9 Å². The molecular formula is C24H25N5O2. The summed E-state index contributed by atoms with van der Waals surface area (Å²) in [7, 11) is 1.65. The molecule has 0 radical (unpaired) electrons. The zero-order chi connectivity index (χ0) is 21.2. The molecular weight excluding hydrogens is 390 g/mol. The highest BCUT2D eigenvalue weighted by atomic mass is 16.5. The van der Waals surface area contributed by atoms with Crippen LogP contribution in [0.1, 0.15) is 18.4 Å². The first kappa shape index (κ1) is 19.4. The molecule has 0 saturated carbocycles. The van der Waals surface area contributed by atoms with Crippen LogP contribution in [0.25, 0.3) is 16.7 Å². The quantitative estimate of drug-likeness (QED) is 0.541. The number of fused-ring (bicyclic) bond motifs is 3. The van der Waals surface area contributed by atoms with E-state index in [-0.39, 0.29) is 11.8 Å². The maximum absolute atomic E-state index is 12.9. The van der Waals surface area contributed by atoms with E-state index >= 15 is 0 Å². The van der Waals surface area contributed by atoms with E-state index in [9.17, 15) is 4.79 Å². The summed E-state index contributed by atoms with van der Waals surface area (Å²) < 4.78 is 7.39. The Balaban J connectivity index is 1.34. The predicted molar refractivity (Wildman–Crippen MR) is 120 cm³/mol. The third kappa shape index (κ3) is 3.79. The van der Waals surface area contributed by atoms with Gasteiger partial charge in [0.1, 0.15) is 5.75 Å². The maximum atomic E-state index is 12.9. The number of hydrogen-bond donors (Lipinski definition) is 1. The monoisotopic (exact) mass is 415 g/mol. The van der Waals surface area contributed by atoms with Gasteiger partial charge in [-0.1, -0.05) is 12.1 Å². The number of anilines is 1. The summed E-state index contributed by atoms with van der Waals surface area (Å²) in [6.45, 7) is 2.02. The van der Waals surface area contributed by atoms with Crippen molar-refractivity contribution in [3.05, 3.63) is 66.5 Å². The van der Waals surface area contributed by atoms with Crippen molar-refractivity contribution in [2.24, 2.45) is 5.92 Å². The molecule has 1 atom stereocenters. The Morgan fingerprint density at radius 3 is 3.00 bits per heavy atom. The van der Waals surface area contributed by atoms with Crippen LogP contribution in [0.3, 0.4) is 0 Å². The van der Waals surface area contributed by atoms with Crippen molar-refractivity contribution < 1.29 is 9.53 Å². The summed E-state index contributed by atoms with van der Waals surface area (Å²) in [5.41, 5.74) is 3.76. The number of carbonyl (C=O) groups excluding carboxylic acids is 1. The second-order valence-electron chi connectivity index (χ2n) is 7.90. The number of methoxy groups -OCH3 is 1. The van der Waals surface area contributed by atoms with Gasteiger partial charge in [-0.15, -0.1) is 0 Å². The topological polar surface area (TPSA) is 71.8 Å². The molecule has 1 aromatic carbocycles. The van der Waals surface area contributed by atoms with Crippen LogP contribution in [-0.2, 0) is 11.3 Å². The fraction of sp³-hybridized carbons (Fsp3) is 0.292. The van der Waals surface area contributed by atoms with Crippen LogP contribution in [0, 0.1) is 5.92 Å². The molecule has 0 bridgehead atoms. The normalized spacial score (nSPS) is 16.5. The summed E-state index contributed by atoms with van der Waals surface area (Å²) in [4.78, 5) is 24.5. The molecule has 0 spiro atoms. The maximum Gasteiger partial charge on any atom is 0.225 e. The second kappa shape index (κ2) is 8.26. The third-order valence-corrected chi connectivity index (χ3v) is 5.91. The highest BCUT2D eigenvalue weighted by Gasteiger charge is 2.28. The van der Waals surface area contributed by atoms with Gasteiger partial charge < -0.3 is 19.4 Å². The van der Waals surface area contributed by atoms with Crippen LogP contribution in [0.5, 0.6) is 5.75 Å². The molecule has 7 heteroatoms. The lowest BCUT2D eigenvalue weighted by molar-refractivity contribution is -0.125. The summed E-state index contributed by atoms with van der Waals surface area (Å²) in [5.74, 6) is 1.69. The van der Waals surface area contributed by atoms with Crippen molar-refractivity contribution in [3.8, 4) is 5.75 Å². The Morgan fingerprint density at radius 2 is 2.10 bits per heavy atom. The summed E-state index contributed by atoms with van der Waals surface area (Å²) in [6, 6.07) is 15.8. The number of rotatable bonds is 5. The number of nitrogens with zero attached hydrogens (tertiary/aromatic N) is 4. The molecule has 1 unspecified atom stereocenters. The smallest absolute Gasteiger partial charge is 0.225 e. The Morgan fingerprint density at radius 1 is 1.19 bits per heavy atom. The zero-order valence-electron chi connectivity index (χ0n) is 17.5. The molecule has 1 amide bonds. The number of piperidine rings is 1. The second-order valence-corrected chi connectivity index (χ2v) is 7.90. The van der Waals surface area contributed by atoms with Gasteiger partial charge in [-0.3, -0.25) is 4.79 Å². The molecule has 4 heterocycles. The summed E-state index contributed by atoms with van der Waals surface area (Å²) >= 11 is 0. The lowest BCUT2D eigenvalue weighted by Crippen LogP contribution is -2.43. The fourth-order valence-electron chi connectivity index (χ4n) is 4.33. The summed E-state index contributed by atoms with van der Waals surface area (Å²) in [5, 5.41) is 3.09. The van der Waals surface area contributed by atoms with E-state index in [1.165, 1.54) is 0 Å². The molecule has 3 aromatic heterocycles. The molecule has 158 valence electrons. The van der Waals surface area contributed by atoms with E-state index in [4.69, 9.17) is 9.72 Å². The van der Waals surface area contributed by atoms with Gasteiger partial charge in [-0.2, -0.15) is 0 Å². The van der Waals surface area contributed by atoms with Gasteiger partial charge in [0.15, 0.2) is 11.5 Å². The van der Waals surface area contributed by atoms with Gasteiger partial charge in [0.05, 0.1) is 24.1 Å². The molecule has 1 aliphatic heterocycles. The molecule has 4 aromatic rings. The average molecular weight is 415 g/mol. The highest BCUT2D eigenvalue weighted by Crippen LogP contribution is 2.28. The molecule has 31 heavy (non-hydrogen) atoms. The lowest BCUT2D eigenvalue weighted by atomic mass is 9.97. The minimum Gasteiger partial charge on any atom is -0.497 e. The van der Waals surface area contributed by atoms with E-state index < -0.39 is 0 Å². The molecule has 1 N–H and O–H groups in total. The van der Waals surface area contributed by atoms with Gasteiger partial charge in [-0.05, 0) is 54.8 Å². The number of pyridine rings is 1. The minimum atomic E-state index is -0.0735. The van der Waals surface area contributed by atoms with E-state index in [2.05, 4.69) is 25.7 Å². The highest BCUT2D eigenvalue weighted by molar-refractivity contribution is 5.84. The van der Waals surface area contributed by atoms with E-state index in [0.717, 1.165) is 47.6 Å². The SMILES string of the molecule is COc1cccc(CNC(=O)C2CCCN(c3nc4ncccc4n4cccc34)C2)c1. The van der Waals surface area contributed by atoms with Gasteiger partial charge >= 0.3 is 0 Å². The van der Waals surface area contributed by atoms with E-state index in [0.29, 0.717) is 18.7 Å². The van der Waals surface area contributed by atoms with Gasteiger partial charge in [0.25, 0.3) is 0 Å². The van der Waals surface area contributed by atoms with Crippen molar-refractivity contribution in [2.45, 2.75) is 19.4 Å². The average Bonchev–Trinajstić information content (AvgIpc) is 3.32. The van der Waals surface area contributed by atoms with Crippen LogP contribution >= 0.6 is 0 Å². The standard InChI is InChI=1S/C24H25N5O2/c1-31-19-8-2-6-17(14-19)15-26-24(30)18-7-4-12-28(16-18)23-21-10-5-13-29(21)20-9-3-11-25-22(20)27-23/h2-3,5-6,8-11,13-14,18H,4,7,12,15-16H2,1H3,(H,26,30). The van der Waals surface area contributed by atoms with Crippen molar-refractivity contribution in [2.75, 3.05) is 25.1 Å². The zero-order valence-corrected chi connectivity index (χ0v) is 17.5. The number of benzene rings is 1. The summed E-state index contributed by atoms with van der Waals surface area (Å²) in [6.07, 6.45) is 5.63. The predicted octanol–water partition coefficient (Wildman–Crippen LogP) is 3.42. The van der Waals surface area contributed by atoms with Crippen molar-refractivity contribution in [3.63, 3.8) is 0 Å². The minimum absolute atomic E-state index is 0.0735. The van der Waals surface area contributed by atoms with Gasteiger partial charge in [-0.25, -0.2) is 9.97 Å². The molecule has 7 nitrogen and oxygen atoms in total. The number of nitrogens with one attached hydrogen (secondary N) is 1. The van der Waals surface area contributed by atoms with Gasteiger partial charge in [0.2, 0.25) is 5.91 Å². The Hall–Kier alpha value is -3.61. The van der Waals surface area contributed by atoms with Crippen LogP contribution in [0.4, 0.5) is 5.82 Å². The number of amides is 1. The Bertz CT molecular complexity index is 1240. The van der Waals surface area contributed by atoms with E-state index in [1.54, 1.807) is 13.3 Å². The van der Waals surface area contributed by atoms with E-state index in [1.807, 2.05) is 48.7 Å². The molecule has 5 rings (SSSR count). The first-order valence-electron chi connectivity index (χ1n) is 10.6. The first-order chi connectivity index (χ1) is 15.2. The van der Waals surface area contributed by atoms with Crippen molar-refractivity contribution in [1.29, 1.82) is 0 Å².